The van der Waals surface area contributed by atoms with E-state index in [-0.39, 0.29) is 5.54 Å². The first-order valence-corrected chi connectivity index (χ1v) is 7.35. The SMILES string of the molecule is CC(C)(C)NCc1ccnc(Oc2ccc(Br)cc2)c1. The molecule has 0 fully saturated rings. The predicted molar refractivity (Wildman–Crippen MR) is 85.0 cm³/mol. The van der Waals surface area contributed by atoms with Crippen LogP contribution < -0.4 is 10.1 Å². The molecule has 0 bridgehead atoms. The third-order valence-electron chi connectivity index (χ3n) is 2.66. The first kappa shape index (κ1) is 15.0. The maximum absolute atomic E-state index is 5.75. The third kappa shape index (κ3) is 4.94. The molecule has 1 N–H and O–H groups in total. The Balaban J connectivity index is 2.04. The minimum absolute atomic E-state index is 0.0933. The summed E-state index contributed by atoms with van der Waals surface area (Å²) in [4.78, 5) is 4.24. The highest BCUT2D eigenvalue weighted by molar-refractivity contribution is 9.10. The minimum atomic E-state index is 0.0933. The molecule has 0 spiro atoms. The number of pyridine rings is 1. The third-order valence-corrected chi connectivity index (χ3v) is 3.19. The van der Waals surface area contributed by atoms with E-state index in [4.69, 9.17) is 4.74 Å². The summed E-state index contributed by atoms with van der Waals surface area (Å²) in [5.74, 6) is 1.39. The van der Waals surface area contributed by atoms with Gasteiger partial charge in [0, 0.05) is 28.8 Å². The zero-order valence-electron chi connectivity index (χ0n) is 12.0. The van der Waals surface area contributed by atoms with Gasteiger partial charge < -0.3 is 10.1 Å². The van der Waals surface area contributed by atoms with Crippen molar-refractivity contribution in [2.24, 2.45) is 0 Å². The second kappa shape index (κ2) is 6.37. The Kier molecular flexibility index (Phi) is 4.78. The molecule has 2 aromatic rings. The lowest BCUT2D eigenvalue weighted by molar-refractivity contribution is 0.422. The van der Waals surface area contributed by atoms with Crippen molar-refractivity contribution in [3.05, 3.63) is 52.6 Å². The predicted octanol–water partition coefficient (Wildman–Crippen LogP) is 4.52. The summed E-state index contributed by atoms with van der Waals surface area (Å²) < 4.78 is 6.77. The molecule has 1 aromatic carbocycles. The van der Waals surface area contributed by atoms with Crippen molar-refractivity contribution < 1.29 is 4.74 Å². The van der Waals surface area contributed by atoms with E-state index in [0.717, 1.165) is 22.3 Å². The fraction of sp³-hybridized carbons (Fsp3) is 0.312. The molecule has 20 heavy (non-hydrogen) atoms. The van der Waals surface area contributed by atoms with Gasteiger partial charge in [-0.15, -0.1) is 0 Å². The number of benzene rings is 1. The fourth-order valence-electron chi connectivity index (χ4n) is 1.61. The highest BCUT2D eigenvalue weighted by atomic mass is 79.9. The van der Waals surface area contributed by atoms with Gasteiger partial charge in [-0.1, -0.05) is 15.9 Å². The summed E-state index contributed by atoms with van der Waals surface area (Å²) in [7, 11) is 0. The average molecular weight is 335 g/mol. The summed E-state index contributed by atoms with van der Waals surface area (Å²) in [5, 5.41) is 3.45. The van der Waals surface area contributed by atoms with Crippen molar-refractivity contribution in [2.45, 2.75) is 32.9 Å². The molecular weight excluding hydrogens is 316 g/mol. The normalized spacial score (nSPS) is 11.4. The molecule has 4 heteroatoms. The number of hydrogen-bond donors (Lipinski definition) is 1. The van der Waals surface area contributed by atoms with Gasteiger partial charge in [0.25, 0.3) is 0 Å². The molecule has 1 aromatic heterocycles. The van der Waals surface area contributed by atoms with Gasteiger partial charge in [-0.05, 0) is 56.7 Å². The minimum Gasteiger partial charge on any atom is -0.439 e. The standard InChI is InChI=1S/C16H19BrN2O/c1-16(2,3)19-11-12-8-9-18-15(10-12)20-14-6-4-13(17)5-7-14/h4-10,19H,11H2,1-3H3. The zero-order chi connectivity index (χ0) is 14.6. The first-order chi connectivity index (χ1) is 9.42. The number of rotatable bonds is 4. The molecule has 0 unspecified atom stereocenters. The maximum Gasteiger partial charge on any atom is 0.219 e. The number of aromatic nitrogens is 1. The molecule has 0 saturated carbocycles. The lowest BCUT2D eigenvalue weighted by Gasteiger charge is -2.20. The van der Waals surface area contributed by atoms with Crippen molar-refractivity contribution >= 4 is 15.9 Å². The van der Waals surface area contributed by atoms with E-state index < -0.39 is 0 Å². The number of ether oxygens (including phenoxy) is 1. The maximum atomic E-state index is 5.75. The second-order valence-electron chi connectivity index (χ2n) is 5.66. The van der Waals surface area contributed by atoms with Crippen LogP contribution in [0.15, 0.2) is 47.1 Å². The van der Waals surface area contributed by atoms with Crippen LogP contribution in [-0.4, -0.2) is 10.5 Å². The van der Waals surface area contributed by atoms with Crippen LogP contribution >= 0.6 is 15.9 Å². The highest BCUT2D eigenvalue weighted by Crippen LogP contribution is 2.22. The Morgan fingerprint density at radius 2 is 1.85 bits per heavy atom. The van der Waals surface area contributed by atoms with Crippen LogP contribution in [0.25, 0.3) is 0 Å². The summed E-state index contributed by atoms with van der Waals surface area (Å²) in [5.41, 5.74) is 1.25. The Hall–Kier alpha value is -1.39. The van der Waals surface area contributed by atoms with E-state index in [1.165, 1.54) is 0 Å². The molecule has 2 rings (SSSR count). The zero-order valence-corrected chi connectivity index (χ0v) is 13.6. The Morgan fingerprint density at radius 1 is 1.15 bits per heavy atom. The Morgan fingerprint density at radius 3 is 2.50 bits per heavy atom. The van der Waals surface area contributed by atoms with E-state index >= 15 is 0 Å². The van der Waals surface area contributed by atoms with E-state index in [1.807, 2.05) is 36.4 Å². The van der Waals surface area contributed by atoms with E-state index in [2.05, 4.69) is 47.0 Å². The molecule has 0 amide bonds. The van der Waals surface area contributed by atoms with Crippen LogP contribution in [0.5, 0.6) is 11.6 Å². The molecule has 0 aliphatic rings. The van der Waals surface area contributed by atoms with Crippen LogP contribution in [0.3, 0.4) is 0 Å². The quantitative estimate of drug-likeness (QED) is 0.892. The molecule has 0 atom stereocenters. The molecule has 3 nitrogen and oxygen atoms in total. The molecule has 0 aliphatic heterocycles. The number of nitrogens with one attached hydrogen (secondary N) is 1. The van der Waals surface area contributed by atoms with Gasteiger partial charge in [-0.25, -0.2) is 4.98 Å². The first-order valence-electron chi connectivity index (χ1n) is 6.56. The largest absolute Gasteiger partial charge is 0.439 e. The van der Waals surface area contributed by atoms with E-state index in [0.29, 0.717) is 5.88 Å². The smallest absolute Gasteiger partial charge is 0.219 e. The topological polar surface area (TPSA) is 34.2 Å². The van der Waals surface area contributed by atoms with Gasteiger partial charge in [0.05, 0.1) is 0 Å². The van der Waals surface area contributed by atoms with Crippen molar-refractivity contribution in [3.8, 4) is 11.6 Å². The second-order valence-corrected chi connectivity index (χ2v) is 6.58. The van der Waals surface area contributed by atoms with E-state index in [1.54, 1.807) is 6.20 Å². The molecule has 1 heterocycles. The van der Waals surface area contributed by atoms with Gasteiger partial charge >= 0.3 is 0 Å². The Bertz CT molecular complexity index is 561. The van der Waals surface area contributed by atoms with Crippen LogP contribution in [-0.2, 0) is 6.54 Å². The van der Waals surface area contributed by atoms with Gasteiger partial charge in [-0.2, -0.15) is 0 Å². The van der Waals surface area contributed by atoms with Crippen molar-refractivity contribution in [1.82, 2.24) is 10.3 Å². The van der Waals surface area contributed by atoms with E-state index in [9.17, 15) is 0 Å². The number of nitrogens with zero attached hydrogens (tertiary/aromatic N) is 1. The fourth-order valence-corrected chi connectivity index (χ4v) is 1.87. The van der Waals surface area contributed by atoms with Crippen molar-refractivity contribution in [3.63, 3.8) is 0 Å². The molecule has 0 radical (unpaired) electrons. The van der Waals surface area contributed by atoms with Gasteiger partial charge in [0.1, 0.15) is 5.75 Å². The number of hydrogen-bond acceptors (Lipinski definition) is 3. The molecular formula is C16H19BrN2O. The summed E-state index contributed by atoms with van der Waals surface area (Å²) in [6, 6.07) is 11.7. The average Bonchev–Trinajstić information content (AvgIpc) is 2.39. The lowest BCUT2D eigenvalue weighted by atomic mass is 10.1. The molecule has 0 aliphatic carbocycles. The van der Waals surface area contributed by atoms with Crippen molar-refractivity contribution in [2.75, 3.05) is 0 Å². The van der Waals surface area contributed by atoms with Crippen LogP contribution in [0.4, 0.5) is 0 Å². The summed E-state index contributed by atoms with van der Waals surface area (Å²) >= 11 is 3.40. The van der Waals surface area contributed by atoms with Crippen LogP contribution in [0.2, 0.25) is 0 Å². The van der Waals surface area contributed by atoms with Crippen LogP contribution in [0.1, 0.15) is 26.3 Å². The van der Waals surface area contributed by atoms with Gasteiger partial charge in [0.15, 0.2) is 0 Å². The molecule has 0 saturated heterocycles. The van der Waals surface area contributed by atoms with Gasteiger partial charge in [-0.3, -0.25) is 0 Å². The monoisotopic (exact) mass is 334 g/mol. The summed E-state index contributed by atoms with van der Waals surface area (Å²) in [6.45, 7) is 7.23. The Labute approximate surface area is 128 Å². The van der Waals surface area contributed by atoms with Crippen LogP contribution in [0, 0.1) is 0 Å². The summed E-state index contributed by atoms with van der Waals surface area (Å²) in [6.07, 6.45) is 1.77. The lowest BCUT2D eigenvalue weighted by Crippen LogP contribution is -2.35. The highest BCUT2D eigenvalue weighted by Gasteiger charge is 2.09. The molecule has 106 valence electrons. The van der Waals surface area contributed by atoms with Gasteiger partial charge in [0.2, 0.25) is 5.88 Å². The van der Waals surface area contributed by atoms with Crippen molar-refractivity contribution in [1.29, 1.82) is 0 Å². The number of halogens is 1.